The van der Waals surface area contributed by atoms with Crippen LogP contribution in [0.25, 0.3) is 0 Å². The third kappa shape index (κ3) is 1.69. The van der Waals surface area contributed by atoms with E-state index in [1.165, 1.54) is 5.56 Å². The summed E-state index contributed by atoms with van der Waals surface area (Å²) in [4.78, 5) is 0. The predicted molar refractivity (Wildman–Crippen MR) is 55.2 cm³/mol. The van der Waals surface area contributed by atoms with E-state index in [2.05, 4.69) is 17.3 Å². The minimum absolute atomic E-state index is 0.851. The largest absolute Gasteiger partial charge is 0.361 e. The molecule has 0 N–H and O–H groups in total. The van der Waals surface area contributed by atoms with Crippen LogP contribution in [0.15, 0.2) is 34.9 Å². The lowest BCUT2D eigenvalue weighted by atomic mass is 10.1. The Morgan fingerprint density at radius 1 is 1.14 bits per heavy atom. The highest BCUT2D eigenvalue weighted by molar-refractivity contribution is 5.27. The number of nitrogens with zero attached hydrogens (tertiary/aromatic N) is 1. The second-order valence-electron chi connectivity index (χ2n) is 3.47. The zero-order valence-corrected chi connectivity index (χ0v) is 8.45. The molecule has 0 saturated carbocycles. The standard InChI is InChI=1S/C12H13NO/c1-9-10(2)14-13-12(9)8-11-6-4-3-5-7-11/h3-7H,8H2,1-2H3. The van der Waals surface area contributed by atoms with Crippen LogP contribution in [0.3, 0.4) is 0 Å². The van der Waals surface area contributed by atoms with Gasteiger partial charge in [0.25, 0.3) is 0 Å². The number of aromatic nitrogens is 1. The second-order valence-corrected chi connectivity index (χ2v) is 3.47. The Labute approximate surface area is 83.5 Å². The van der Waals surface area contributed by atoms with Crippen LogP contribution in [0.2, 0.25) is 0 Å². The molecule has 2 nitrogen and oxygen atoms in total. The highest BCUT2D eigenvalue weighted by Gasteiger charge is 2.07. The van der Waals surface area contributed by atoms with Gasteiger partial charge in [-0.2, -0.15) is 0 Å². The van der Waals surface area contributed by atoms with E-state index in [1.807, 2.05) is 32.0 Å². The fourth-order valence-corrected chi connectivity index (χ4v) is 1.42. The van der Waals surface area contributed by atoms with Gasteiger partial charge in [-0.1, -0.05) is 35.5 Å². The summed E-state index contributed by atoms with van der Waals surface area (Å²) in [6.07, 6.45) is 0.851. The van der Waals surface area contributed by atoms with E-state index < -0.39 is 0 Å². The summed E-state index contributed by atoms with van der Waals surface area (Å²) < 4.78 is 5.12. The maximum atomic E-state index is 5.12. The zero-order valence-electron chi connectivity index (χ0n) is 8.45. The van der Waals surface area contributed by atoms with Crippen molar-refractivity contribution in [2.24, 2.45) is 0 Å². The highest BCUT2D eigenvalue weighted by atomic mass is 16.5. The third-order valence-corrected chi connectivity index (χ3v) is 2.47. The first-order chi connectivity index (χ1) is 6.77. The smallest absolute Gasteiger partial charge is 0.136 e. The van der Waals surface area contributed by atoms with Crippen molar-refractivity contribution in [3.8, 4) is 0 Å². The topological polar surface area (TPSA) is 26.0 Å². The molecule has 72 valence electrons. The van der Waals surface area contributed by atoms with E-state index in [0.29, 0.717) is 0 Å². The number of hydrogen-bond donors (Lipinski definition) is 0. The maximum absolute atomic E-state index is 5.12. The molecule has 1 aromatic carbocycles. The van der Waals surface area contributed by atoms with Crippen LogP contribution in [0.5, 0.6) is 0 Å². The summed E-state index contributed by atoms with van der Waals surface area (Å²) in [5.41, 5.74) is 3.46. The van der Waals surface area contributed by atoms with Crippen LogP contribution < -0.4 is 0 Å². The van der Waals surface area contributed by atoms with Crippen LogP contribution in [0.4, 0.5) is 0 Å². The first kappa shape index (κ1) is 9.00. The molecule has 0 amide bonds. The summed E-state index contributed by atoms with van der Waals surface area (Å²) in [5.74, 6) is 0.913. The van der Waals surface area contributed by atoms with E-state index in [0.717, 1.165) is 23.4 Å². The van der Waals surface area contributed by atoms with Crippen molar-refractivity contribution >= 4 is 0 Å². The van der Waals surface area contributed by atoms with E-state index in [1.54, 1.807) is 0 Å². The van der Waals surface area contributed by atoms with Gasteiger partial charge in [-0.05, 0) is 19.4 Å². The molecule has 2 heteroatoms. The van der Waals surface area contributed by atoms with Crippen LogP contribution in [-0.2, 0) is 6.42 Å². The first-order valence-electron chi connectivity index (χ1n) is 4.73. The van der Waals surface area contributed by atoms with Crippen molar-refractivity contribution in [1.29, 1.82) is 0 Å². The van der Waals surface area contributed by atoms with Gasteiger partial charge < -0.3 is 4.52 Å². The molecule has 1 heterocycles. The van der Waals surface area contributed by atoms with Crippen molar-refractivity contribution in [2.45, 2.75) is 20.3 Å². The van der Waals surface area contributed by atoms with Gasteiger partial charge in [0.1, 0.15) is 5.76 Å². The maximum Gasteiger partial charge on any atom is 0.136 e. The Morgan fingerprint density at radius 3 is 2.43 bits per heavy atom. The first-order valence-corrected chi connectivity index (χ1v) is 4.73. The fourth-order valence-electron chi connectivity index (χ4n) is 1.42. The molecule has 0 atom stereocenters. The van der Waals surface area contributed by atoms with Crippen molar-refractivity contribution in [3.63, 3.8) is 0 Å². The van der Waals surface area contributed by atoms with Gasteiger partial charge in [-0.25, -0.2) is 0 Å². The summed E-state index contributed by atoms with van der Waals surface area (Å²) >= 11 is 0. The molecule has 14 heavy (non-hydrogen) atoms. The fraction of sp³-hybridized carbons (Fsp3) is 0.250. The molecular weight excluding hydrogens is 174 g/mol. The average molecular weight is 187 g/mol. The Hall–Kier alpha value is -1.57. The molecule has 2 rings (SSSR count). The van der Waals surface area contributed by atoms with Crippen LogP contribution in [0.1, 0.15) is 22.6 Å². The molecule has 2 aromatic rings. The van der Waals surface area contributed by atoms with Crippen LogP contribution in [-0.4, -0.2) is 5.16 Å². The van der Waals surface area contributed by atoms with E-state index in [4.69, 9.17) is 4.52 Å². The Morgan fingerprint density at radius 2 is 1.86 bits per heavy atom. The van der Waals surface area contributed by atoms with Gasteiger partial charge in [-0.15, -0.1) is 0 Å². The molecule has 0 radical (unpaired) electrons. The van der Waals surface area contributed by atoms with Gasteiger partial charge in [0.05, 0.1) is 5.69 Å². The Kier molecular flexibility index (Phi) is 2.35. The lowest BCUT2D eigenvalue weighted by Gasteiger charge is -1.97. The molecule has 0 fully saturated rings. The number of hydrogen-bond acceptors (Lipinski definition) is 2. The van der Waals surface area contributed by atoms with Gasteiger partial charge in [0.2, 0.25) is 0 Å². The van der Waals surface area contributed by atoms with Crippen LogP contribution in [0, 0.1) is 13.8 Å². The van der Waals surface area contributed by atoms with Crippen molar-refractivity contribution in [1.82, 2.24) is 5.16 Å². The second kappa shape index (κ2) is 3.66. The predicted octanol–water partition coefficient (Wildman–Crippen LogP) is 2.88. The van der Waals surface area contributed by atoms with Gasteiger partial charge in [0, 0.05) is 12.0 Å². The zero-order chi connectivity index (χ0) is 9.97. The van der Waals surface area contributed by atoms with Crippen molar-refractivity contribution < 1.29 is 4.52 Å². The summed E-state index contributed by atoms with van der Waals surface area (Å²) in [6, 6.07) is 10.3. The summed E-state index contributed by atoms with van der Waals surface area (Å²) in [7, 11) is 0. The molecule has 0 aliphatic carbocycles. The number of rotatable bonds is 2. The normalized spacial score (nSPS) is 10.4. The Bertz CT molecular complexity index is 417. The summed E-state index contributed by atoms with van der Waals surface area (Å²) in [6.45, 7) is 3.99. The molecule has 0 spiro atoms. The lowest BCUT2D eigenvalue weighted by Crippen LogP contribution is -1.90. The number of benzene rings is 1. The average Bonchev–Trinajstić information content (AvgIpc) is 2.52. The monoisotopic (exact) mass is 187 g/mol. The number of aryl methyl sites for hydroxylation is 1. The third-order valence-electron chi connectivity index (χ3n) is 2.47. The SMILES string of the molecule is Cc1onc(Cc2ccccc2)c1C. The highest BCUT2D eigenvalue weighted by Crippen LogP contribution is 2.15. The van der Waals surface area contributed by atoms with Gasteiger partial charge in [-0.3, -0.25) is 0 Å². The molecule has 0 unspecified atom stereocenters. The van der Waals surface area contributed by atoms with Crippen LogP contribution >= 0.6 is 0 Å². The molecule has 0 aliphatic heterocycles. The van der Waals surface area contributed by atoms with E-state index in [9.17, 15) is 0 Å². The van der Waals surface area contributed by atoms with E-state index in [-0.39, 0.29) is 0 Å². The summed E-state index contributed by atoms with van der Waals surface area (Å²) in [5, 5.41) is 4.04. The quantitative estimate of drug-likeness (QED) is 0.722. The lowest BCUT2D eigenvalue weighted by molar-refractivity contribution is 0.391. The van der Waals surface area contributed by atoms with Gasteiger partial charge in [0.15, 0.2) is 0 Å². The van der Waals surface area contributed by atoms with Crippen molar-refractivity contribution in [3.05, 3.63) is 52.9 Å². The Balaban J connectivity index is 2.23. The minimum atomic E-state index is 0.851. The van der Waals surface area contributed by atoms with Gasteiger partial charge >= 0.3 is 0 Å². The molecular formula is C12H13NO. The van der Waals surface area contributed by atoms with E-state index >= 15 is 0 Å². The molecule has 1 aromatic heterocycles. The minimum Gasteiger partial charge on any atom is -0.361 e. The molecule has 0 saturated heterocycles. The van der Waals surface area contributed by atoms with Crippen molar-refractivity contribution in [2.75, 3.05) is 0 Å². The molecule has 0 aliphatic rings. The molecule has 0 bridgehead atoms.